The number of esters is 1. The van der Waals surface area contributed by atoms with E-state index < -0.39 is 16.3 Å². The number of nitrogens with zero attached hydrogens (tertiary/aromatic N) is 1. The lowest BCUT2D eigenvalue weighted by molar-refractivity contribution is -0.384. The van der Waals surface area contributed by atoms with E-state index >= 15 is 0 Å². The number of hydrogen-bond donors (Lipinski definition) is 0. The highest BCUT2D eigenvalue weighted by molar-refractivity contribution is 9.10. The van der Waals surface area contributed by atoms with Crippen LogP contribution < -0.4 is 10.2 Å². The van der Waals surface area contributed by atoms with Crippen LogP contribution >= 0.6 is 15.9 Å². The van der Waals surface area contributed by atoms with Gasteiger partial charge in [-0.05, 0) is 51.8 Å². The first-order valence-electron chi connectivity index (χ1n) is 8.88. The molecule has 0 radical (unpaired) electrons. The van der Waals surface area contributed by atoms with Crippen molar-refractivity contribution in [2.24, 2.45) is 0 Å². The summed E-state index contributed by atoms with van der Waals surface area (Å²) in [6.07, 6.45) is 2.41. The minimum atomic E-state index is -0.860. The number of para-hydroxylation sites is 1. The molecule has 154 valence electrons. The van der Waals surface area contributed by atoms with Gasteiger partial charge in [-0.2, -0.15) is 0 Å². The number of non-ortho nitro benzene ring substituents is 1. The van der Waals surface area contributed by atoms with Crippen LogP contribution in [0.25, 0.3) is 28.6 Å². The number of fused-ring (bicyclic) bond motifs is 1. The standard InChI is InChI=1S/C22H12BrNO7/c23-18-10-9-17(29-18)21-22(20(26)15-6-1-2-7-16(15)30-21)31-19(25)11-8-13-4-3-5-14(12-13)24(27)28/h1-12H. The predicted molar refractivity (Wildman–Crippen MR) is 116 cm³/mol. The molecule has 2 aromatic heterocycles. The maximum atomic E-state index is 13.0. The summed E-state index contributed by atoms with van der Waals surface area (Å²) in [6.45, 7) is 0. The lowest BCUT2D eigenvalue weighted by Crippen LogP contribution is -2.14. The van der Waals surface area contributed by atoms with Crippen molar-refractivity contribution in [3.8, 4) is 17.3 Å². The molecule has 0 aliphatic rings. The highest BCUT2D eigenvalue weighted by Crippen LogP contribution is 2.33. The van der Waals surface area contributed by atoms with Crippen LogP contribution in [-0.4, -0.2) is 10.9 Å². The SMILES string of the molecule is O=C(C=Cc1cccc([N+](=O)[O-])c1)Oc1c(-c2ccc(Br)o2)oc2ccccc2c1=O. The fraction of sp³-hybridized carbons (Fsp3) is 0. The van der Waals surface area contributed by atoms with Gasteiger partial charge < -0.3 is 13.6 Å². The molecule has 0 aliphatic heterocycles. The molecule has 0 amide bonds. The molecule has 4 rings (SSSR count). The Labute approximate surface area is 182 Å². The normalized spacial score (nSPS) is 11.1. The van der Waals surface area contributed by atoms with Crippen LogP contribution in [0, 0.1) is 10.1 Å². The van der Waals surface area contributed by atoms with E-state index in [1.807, 2.05) is 0 Å². The number of nitro benzene ring substituents is 1. The molecule has 0 saturated heterocycles. The highest BCUT2D eigenvalue weighted by Gasteiger charge is 2.22. The predicted octanol–water partition coefficient (Wildman–Crippen LogP) is 5.34. The Morgan fingerprint density at radius 2 is 1.87 bits per heavy atom. The zero-order valence-corrected chi connectivity index (χ0v) is 17.2. The number of nitro groups is 1. The summed E-state index contributed by atoms with van der Waals surface area (Å²) in [7, 11) is 0. The Bertz CT molecular complexity index is 1400. The van der Waals surface area contributed by atoms with E-state index in [9.17, 15) is 19.7 Å². The molecular weight excluding hydrogens is 470 g/mol. The van der Waals surface area contributed by atoms with Crippen LogP contribution in [0.5, 0.6) is 5.75 Å². The average Bonchev–Trinajstić information content (AvgIpc) is 3.20. The van der Waals surface area contributed by atoms with E-state index in [1.165, 1.54) is 24.3 Å². The van der Waals surface area contributed by atoms with Crippen molar-refractivity contribution < 1.29 is 23.3 Å². The number of carbonyl (C=O) groups is 1. The maximum absolute atomic E-state index is 13.0. The second-order valence-corrected chi connectivity index (χ2v) is 7.08. The summed E-state index contributed by atoms with van der Waals surface area (Å²) < 4.78 is 17.0. The second-order valence-electron chi connectivity index (χ2n) is 6.30. The van der Waals surface area contributed by atoms with Crippen LogP contribution in [0.15, 0.2) is 85.0 Å². The van der Waals surface area contributed by atoms with Gasteiger partial charge in [0.15, 0.2) is 10.4 Å². The molecule has 0 unspecified atom stereocenters. The summed E-state index contributed by atoms with van der Waals surface area (Å²) in [5, 5.41) is 11.1. The van der Waals surface area contributed by atoms with Gasteiger partial charge in [-0.15, -0.1) is 0 Å². The summed E-state index contributed by atoms with van der Waals surface area (Å²) in [5.74, 6) is -1.03. The fourth-order valence-electron chi connectivity index (χ4n) is 2.86. The van der Waals surface area contributed by atoms with E-state index in [0.717, 1.165) is 6.08 Å². The van der Waals surface area contributed by atoms with Gasteiger partial charge in [0, 0.05) is 18.2 Å². The van der Waals surface area contributed by atoms with E-state index in [0.29, 0.717) is 15.8 Å². The molecule has 2 aromatic carbocycles. The van der Waals surface area contributed by atoms with Gasteiger partial charge in [0.05, 0.1) is 10.3 Å². The molecule has 9 heteroatoms. The van der Waals surface area contributed by atoms with Gasteiger partial charge in [-0.1, -0.05) is 24.3 Å². The summed E-state index contributed by atoms with van der Waals surface area (Å²) >= 11 is 3.19. The molecule has 0 atom stereocenters. The van der Waals surface area contributed by atoms with Gasteiger partial charge in [0.1, 0.15) is 5.58 Å². The Kier molecular flexibility index (Phi) is 5.50. The van der Waals surface area contributed by atoms with Gasteiger partial charge in [0.2, 0.25) is 16.9 Å². The number of ether oxygens (including phenoxy) is 1. The molecule has 2 heterocycles. The van der Waals surface area contributed by atoms with Crippen molar-refractivity contribution in [1.29, 1.82) is 0 Å². The van der Waals surface area contributed by atoms with Crippen LogP contribution in [0.1, 0.15) is 5.56 Å². The number of benzene rings is 2. The van der Waals surface area contributed by atoms with Crippen LogP contribution in [0.2, 0.25) is 0 Å². The number of furan rings is 1. The summed E-state index contributed by atoms with van der Waals surface area (Å²) in [4.78, 5) is 35.7. The smallest absolute Gasteiger partial charge is 0.336 e. The average molecular weight is 482 g/mol. The Hall–Kier alpha value is -3.98. The Balaban J connectivity index is 1.71. The highest BCUT2D eigenvalue weighted by atomic mass is 79.9. The molecule has 0 N–H and O–H groups in total. The topological polar surface area (TPSA) is 113 Å². The first-order chi connectivity index (χ1) is 14.9. The maximum Gasteiger partial charge on any atom is 0.336 e. The third kappa shape index (κ3) is 4.31. The van der Waals surface area contributed by atoms with Gasteiger partial charge >= 0.3 is 5.97 Å². The molecule has 0 fully saturated rings. The van der Waals surface area contributed by atoms with E-state index in [4.69, 9.17) is 13.6 Å². The number of halogens is 1. The van der Waals surface area contributed by atoms with Crippen molar-refractivity contribution >= 4 is 44.6 Å². The van der Waals surface area contributed by atoms with Crippen LogP contribution in [0.3, 0.4) is 0 Å². The van der Waals surface area contributed by atoms with E-state index in [-0.39, 0.29) is 28.3 Å². The van der Waals surface area contributed by atoms with Crippen LogP contribution in [-0.2, 0) is 4.79 Å². The first kappa shape index (κ1) is 20.3. The molecule has 8 nitrogen and oxygen atoms in total. The minimum absolute atomic E-state index is 0.0356. The van der Waals surface area contributed by atoms with Crippen molar-refractivity contribution in [2.75, 3.05) is 0 Å². The molecule has 31 heavy (non-hydrogen) atoms. The molecular formula is C22H12BrNO7. The van der Waals surface area contributed by atoms with Crippen LogP contribution in [0.4, 0.5) is 5.69 Å². The lowest BCUT2D eigenvalue weighted by Gasteiger charge is -2.07. The zero-order chi connectivity index (χ0) is 22.0. The van der Waals surface area contributed by atoms with Gasteiger partial charge in [0.25, 0.3) is 5.69 Å². The largest absolute Gasteiger partial charge is 0.449 e. The Morgan fingerprint density at radius 1 is 1.06 bits per heavy atom. The van der Waals surface area contributed by atoms with E-state index in [2.05, 4.69) is 15.9 Å². The molecule has 0 aliphatic carbocycles. The van der Waals surface area contributed by atoms with Crippen molar-refractivity contribution in [3.63, 3.8) is 0 Å². The summed E-state index contributed by atoms with van der Waals surface area (Å²) in [5.41, 5.74) is 0.0756. The monoisotopic (exact) mass is 481 g/mol. The quantitative estimate of drug-likeness (QED) is 0.163. The molecule has 0 saturated carbocycles. The third-order valence-electron chi connectivity index (χ3n) is 4.25. The lowest BCUT2D eigenvalue weighted by atomic mass is 10.2. The van der Waals surface area contributed by atoms with Gasteiger partial charge in [-0.25, -0.2) is 4.79 Å². The molecule has 0 spiro atoms. The van der Waals surface area contributed by atoms with E-state index in [1.54, 1.807) is 42.5 Å². The molecule has 4 aromatic rings. The number of hydrogen-bond acceptors (Lipinski definition) is 7. The fourth-order valence-corrected chi connectivity index (χ4v) is 3.16. The molecule has 0 bridgehead atoms. The zero-order valence-electron chi connectivity index (χ0n) is 15.6. The summed E-state index contributed by atoms with van der Waals surface area (Å²) in [6, 6.07) is 15.4. The minimum Gasteiger partial charge on any atom is -0.449 e. The van der Waals surface area contributed by atoms with Crippen molar-refractivity contribution in [3.05, 3.63) is 97.3 Å². The Morgan fingerprint density at radius 3 is 2.61 bits per heavy atom. The second kappa shape index (κ2) is 8.41. The van der Waals surface area contributed by atoms with Crippen molar-refractivity contribution in [2.45, 2.75) is 0 Å². The first-order valence-corrected chi connectivity index (χ1v) is 9.67. The third-order valence-corrected chi connectivity index (χ3v) is 4.67. The number of carbonyl (C=O) groups excluding carboxylic acids is 1. The number of rotatable bonds is 5. The van der Waals surface area contributed by atoms with Gasteiger partial charge in [-0.3, -0.25) is 14.9 Å². The van der Waals surface area contributed by atoms with Crippen molar-refractivity contribution in [1.82, 2.24) is 0 Å².